The predicted molar refractivity (Wildman–Crippen MR) is 88.3 cm³/mol. The smallest absolute Gasteiger partial charge is 0.336 e. The van der Waals surface area contributed by atoms with Gasteiger partial charge in [-0.15, -0.1) is 0 Å². The van der Waals surface area contributed by atoms with Crippen LogP contribution in [0, 0.1) is 18.8 Å². The third-order valence-electron chi connectivity index (χ3n) is 3.56. The normalized spacial score (nSPS) is 10.5. The first-order chi connectivity index (χ1) is 10.6. The molecule has 0 fully saturated rings. The van der Waals surface area contributed by atoms with Crippen LogP contribution < -0.4 is 10.4 Å². The lowest BCUT2D eigenvalue weighted by molar-refractivity contribution is 0.341. The Kier molecular flexibility index (Phi) is 5.62. The summed E-state index contributed by atoms with van der Waals surface area (Å²) in [6.07, 6.45) is 0. The van der Waals surface area contributed by atoms with Crippen LogP contribution >= 0.6 is 0 Å². The van der Waals surface area contributed by atoms with Gasteiger partial charge in [-0.05, 0) is 37.7 Å². The Bertz CT molecular complexity index is 748. The Labute approximate surface area is 130 Å². The van der Waals surface area contributed by atoms with Crippen molar-refractivity contribution in [1.82, 2.24) is 4.90 Å². The van der Waals surface area contributed by atoms with Crippen LogP contribution in [0.5, 0.6) is 5.75 Å². The van der Waals surface area contributed by atoms with Crippen LogP contribution in [0.15, 0.2) is 33.5 Å². The molecule has 0 amide bonds. The molecule has 0 aliphatic heterocycles. The Morgan fingerprint density at radius 3 is 2.68 bits per heavy atom. The average molecular weight is 299 g/mol. The molecular formula is C18H21NO3. The van der Waals surface area contributed by atoms with E-state index < -0.39 is 0 Å². The minimum absolute atomic E-state index is 0.322. The first-order valence-corrected chi connectivity index (χ1v) is 7.49. The molecule has 4 nitrogen and oxygen atoms in total. The Morgan fingerprint density at radius 2 is 1.95 bits per heavy atom. The molecule has 0 unspecified atom stereocenters. The van der Waals surface area contributed by atoms with Gasteiger partial charge >= 0.3 is 5.63 Å². The standard InChI is InChI=1S/C18H21NO3/c1-4-19(5-2)10-6-7-11-21-15-8-9-16-14(3)12-18(20)22-17(16)13-15/h8-9,12-13H,4-5,10-11H2,1-3H3. The predicted octanol–water partition coefficient (Wildman–Crippen LogP) is 2.83. The largest absolute Gasteiger partial charge is 0.481 e. The molecule has 4 heteroatoms. The van der Waals surface area contributed by atoms with Gasteiger partial charge in [-0.1, -0.05) is 25.7 Å². The van der Waals surface area contributed by atoms with Crippen LogP contribution in [0.2, 0.25) is 0 Å². The Morgan fingerprint density at radius 1 is 1.18 bits per heavy atom. The molecule has 1 aromatic carbocycles. The monoisotopic (exact) mass is 299 g/mol. The van der Waals surface area contributed by atoms with Crippen molar-refractivity contribution < 1.29 is 9.15 Å². The highest BCUT2D eigenvalue weighted by atomic mass is 16.5. The maximum atomic E-state index is 11.4. The molecule has 1 aromatic heterocycles. The zero-order chi connectivity index (χ0) is 15.9. The van der Waals surface area contributed by atoms with Crippen LogP contribution in [-0.4, -0.2) is 31.1 Å². The van der Waals surface area contributed by atoms with Crippen LogP contribution in [-0.2, 0) is 0 Å². The molecule has 0 radical (unpaired) electrons. The fourth-order valence-corrected chi connectivity index (χ4v) is 2.18. The zero-order valence-corrected chi connectivity index (χ0v) is 13.3. The van der Waals surface area contributed by atoms with Crippen LogP contribution in [0.4, 0.5) is 0 Å². The summed E-state index contributed by atoms with van der Waals surface area (Å²) in [6, 6.07) is 6.98. The molecule has 0 aliphatic carbocycles. The van der Waals surface area contributed by atoms with Crippen LogP contribution in [0.1, 0.15) is 19.4 Å². The van der Waals surface area contributed by atoms with E-state index in [0.717, 1.165) is 30.6 Å². The van der Waals surface area contributed by atoms with Crippen molar-refractivity contribution in [3.63, 3.8) is 0 Å². The van der Waals surface area contributed by atoms with Gasteiger partial charge in [0.1, 0.15) is 17.9 Å². The van der Waals surface area contributed by atoms with E-state index in [1.807, 2.05) is 19.1 Å². The Hall–Kier alpha value is -2.25. The van der Waals surface area contributed by atoms with Gasteiger partial charge in [-0.2, -0.15) is 0 Å². The third-order valence-corrected chi connectivity index (χ3v) is 3.56. The SMILES string of the molecule is CCN(CC)CC#CCOc1ccc2c(C)cc(=O)oc2c1. The Balaban J connectivity index is 2.01. The molecule has 0 spiro atoms. The highest BCUT2D eigenvalue weighted by molar-refractivity contribution is 5.81. The molecule has 2 rings (SSSR count). The van der Waals surface area contributed by atoms with Gasteiger partial charge in [0.15, 0.2) is 0 Å². The van der Waals surface area contributed by atoms with Gasteiger partial charge in [0, 0.05) is 17.5 Å². The second kappa shape index (κ2) is 7.67. The molecule has 22 heavy (non-hydrogen) atoms. The van der Waals surface area contributed by atoms with Gasteiger partial charge in [0.25, 0.3) is 0 Å². The first kappa shape index (κ1) is 16.1. The number of benzene rings is 1. The maximum Gasteiger partial charge on any atom is 0.336 e. The first-order valence-electron chi connectivity index (χ1n) is 7.49. The van der Waals surface area contributed by atoms with Crippen molar-refractivity contribution in [2.24, 2.45) is 0 Å². The summed E-state index contributed by atoms with van der Waals surface area (Å²) < 4.78 is 10.8. The summed E-state index contributed by atoms with van der Waals surface area (Å²) >= 11 is 0. The number of rotatable bonds is 5. The molecular weight excluding hydrogens is 278 g/mol. The summed E-state index contributed by atoms with van der Waals surface area (Å²) in [4.78, 5) is 13.6. The number of ether oxygens (including phenoxy) is 1. The summed E-state index contributed by atoms with van der Waals surface area (Å²) in [5, 5.41) is 0.916. The van der Waals surface area contributed by atoms with Crippen molar-refractivity contribution in [3.05, 3.63) is 40.2 Å². The van der Waals surface area contributed by atoms with Gasteiger partial charge in [-0.25, -0.2) is 4.79 Å². The van der Waals surface area contributed by atoms with Gasteiger partial charge in [-0.3, -0.25) is 4.90 Å². The fourth-order valence-electron chi connectivity index (χ4n) is 2.18. The average Bonchev–Trinajstić information content (AvgIpc) is 2.50. The molecule has 0 bridgehead atoms. The van der Waals surface area contributed by atoms with Crippen molar-refractivity contribution in [1.29, 1.82) is 0 Å². The molecule has 0 aliphatic rings. The number of hydrogen-bond donors (Lipinski definition) is 0. The minimum atomic E-state index is -0.346. The van der Waals surface area contributed by atoms with Crippen molar-refractivity contribution in [2.75, 3.05) is 26.2 Å². The summed E-state index contributed by atoms with van der Waals surface area (Å²) in [5.74, 6) is 6.74. The number of aryl methyl sites for hydroxylation is 1. The lowest BCUT2D eigenvalue weighted by Crippen LogP contribution is -2.22. The molecule has 2 aromatic rings. The van der Waals surface area contributed by atoms with Crippen molar-refractivity contribution in [3.8, 4) is 17.6 Å². The lowest BCUT2D eigenvalue weighted by Gasteiger charge is -2.13. The van der Waals surface area contributed by atoms with Gasteiger partial charge < -0.3 is 9.15 Å². The maximum absolute atomic E-state index is 11.4. The van der Waals surface area contributed by atoms with Crippen molar-refractivity contribution >= 4 is 11.0 Å². The summed E-state index contributed by atoms with van der Waals surface area (Å²) in [5.41, 5.74) is 1.09. The van der Waals surface area contributed by atoms with E-state index in [4.69, 9.17) is 9.15 Å². The third kappa shape index (κ3) is 4.12. The second-order valence-corrected chi connectivity index (χ2v) is 5.01. The highest BCUT2D eigenvalue weighted by Gasteiger charge is 2.03. The molecule has 116 valence electrons. The van der Waals surface area contributed by atoms with E-state index >= 15 is 0 Å². The quantitative estimate of drug-likeness (QED) is 0.629. The molecule has 0 saturated carbocycles. The van der Waals surface area contributed by atoms with E-state index in [-0.39, 0.29) is 5.63 Å². The van der Waals surface area contributed by atoms with E-state index in [1.165, 1.54) is 6.07 Å². The number of hydrogen-bond acceptors (Lipinski definition) is 4. The van der Waals surface area contributed by atoms with E-state index in [9.17, 15) is 4.79 Å². The molecule has 0 saturated heterocycles. The molecule has 1 heterocycles. The van der Waals surface area contributed by atoms with Crippen molar-refractivity contribution in [2.45, 2.75) is 20.8 Å². The van der Waals surface area contributed by atoms with E-state index in [2.05, 4.69) is 30.6 Å². The van der Waals surface area contributed by atoms with Gasteiger partial charge in [0.05, 0.1) is 6.54 Å². The number of fused-ring (bicyclic) bond motifs is 1. The fraction of sp³-hybridized carbons (Fsp3) is 0.389. The topological polar surface area (TPSA) is 42.7 Å². The van der Waals surface area contributed by atoms with E-state index in [0.29, 0.717) is 17.9 Å². The number of nitrogens with zero attached hydrogens (tertiary/aromatic N) is 1. The highest BCUT2D eigenvalue weighted by Crippen LogP contribution is 2.21. The molecule has 0 atom stereocenters. The second-order valence-electron chi connectivity index (χ2n) is 5.01. The lowest BCUT2D eigenvalue weighted by atomic mass is 10.1. The summed E-state index contributed by atoms with van der Waals surface area (Å²) in [6.45, 7) is 9.19. The van der Waals surface area contributed by atoms with Gasteiger partial charge in [0.2, 0.25) is 0 Å². The minimum Gasteiger partial charge on any atom is -0.481 e. The molecule has 0 N–H and O–H groups in total. The zero-order valence-electron chi connectivity index (χ0n) is 13.3. The van der Waals surface area contributed by atoms with Crippen LogP contribution in [0.25, 0.3) is 11.0 Å². The van der Waals surface area contributed by atoms with Crippen LogP contribution in [0.3, 0.4) is 0 Å². The van der Waals surface area contributed by atoms with E-state index in [1.54, 1.807) is 6.07 Å². The summed E-state index contributed by atoms with van der Waals surface area (Å²) in [7, 11) is 0.